The average Bonchev–Trinajstić information content (AvgIpc) is 2.94. The normalized spacial score (nSPS) is 13.0. The molecule has 0 aromatic heterocycles. The summed E-state index contributed by atoms with van der Waals surface area (Å²) < 4.78 is 5.77. The van der Waals surface area contributed by atoms with Gasteiger partial charge in [-0.2, -0.15) is 0 Å². The van der Waals surface area contributed by atoms with E-state index in [1.807, 2.05) is 24.3 Å². The van der Waals surface area contributed by atoms with Crippen LogP contribution in [0, 0.1) is 0 Å². The minimum Gasteiger partial charge on any atom is -0.451 e. The van der Waals surface area contributed by atoms with E-state index in [1.165, 1.54) is 114 Å². The van der Waals surface area contributed by atoms with E-state index in [9.17, 15) is 9.90 Å². The lowest BCUT2D eigenvalue weighted by atomic mass is 10.0. The minimum atomic E-state index is -2.07. The Labute approximate surface area is 238 Å². The first-order valence-corrected chi connectivity index (χ1v) is 15.5. The number of allylic oxidation sites excluding steroid dienone is 1. The first-order chi connectivity index (χ1) is 19.0. The van der Waals surface area contributed by atoms with E-state index in [0.29, 0.717) is 17.0 Å². The Hall–Kier alpha value is -2.59. The van der Waals surface area contributed by atoms with Gasteiger partial charge in [0.05, 0.1) is 0 Å². The zero-order chi connectivity index (χ0) is 28.2. The predicted molar refractivity (Wildman–Crippen MR) is 165 cm³/mol. The van der Waals surface area contributed by atoms with Crippen LogP contribution in [0.4, 0.5) is 5.69 Å². The molecule has 2 aromatic rings. The van der Waals surface area contributed by atoms with E-state index in [-0.39, 0.29) is 0 Å². The number of carbonyl (C=O) groups is 1. The third kappa shape index (κ3) is 13.4. The highest BCUT2D eigenvalue weighted by Gasteiger charge is 2.36. The summed E-state index contributed by atoms with van der Waals surface area (Å²) in [6.07, 6.45) is 26.0. The molecule has 39 heavy (non-hydrogen) atoms. The fraction of sp³-hybridized carbons (Fsp3) is 0.571. The number of ketones is 1. The quantitative estimate of drug-likeness (QED) is 0.0517. The third-order valence-corrected chi connectivity index (χ3v) is 7.41. The fourth-order valence-electron chi connectivity index (χ4n) is 5.00. The number of benzene rings is 2. The number of hydrogen-bond acceptors (Lipinski definition) is 4. The molecule has 0 spiro atoms. The number of rotatable bonds is 22. The van der Waals surface area contributed by atoms with Crippen molar-refractivity contribution in [2.45, 2.75) is 129 Å². The van der Waals surface area contributed by atoms with Gasteiger partial charge in [-0.3, -0.25) is 4.79 Å². The lowest BCUT2D eigenvalue weighted by Crippen LogP contribution is -2.42. The molecule has 2 aromatic carbocycles. The summed E-state index contributed by atoms with van der Waals surface area (Å²) in [6.45, 7) is 4.02. The molecule has 216 valence electrons. The molecule has 1 atom stereocenters. The summed E-state index contributed by atoms with van der Waals surface area (Å²) in [5.74, 6) is -2.15. The maximum absolute atomic E-state index is 12.9. The Morgan fingerprint density at radius 2 is 1.21 bits per heavy atom. The van der Waals surface area contributed by atoms with Crippen molar-refractivity contribution < 1.29 is 14.6 Å². The van der Waals surface area contributed by atoms with Gasteiger partial charge in [-0.15, -0.1) is 0 Å². The highest BCUT2D eigenvalue weighted by molar-refractivity contribution is 6.03. The highest BCUT2D eigenvalue weighted by Crippen LogP contribution is 2.24. The number of nitrogen functional groups attached to an aromatic ring is 1. The van der Waals surface area contributed by atoms with Gasteiger partial charge in [0.25, 0.3) is 5.79 Å². The van der Waals surface area contributed by atoms with Crippen molar-refractivity contribution in [3.63, 3.8) is 0 Å². The second kappa shape index (κ2) is 19.5. The van der Waals surface area contributed by atoms with Crippen LogP contribution in [0.5, 0.6) is 5.75 Å². The first kappa shape index (κ1) is 32.6. The molecule has 0 aliphatic carbocycles. The molecule has 4 nitrogen and oxygen atoms in total. The Morgan fingerprint density at radius 1 is 0.744 bits per heavy atom. The number of hydrogen-bond donors (Lipinski definition) is 2. The second-order valence-electron chi connectivity index (χ2n) is 10.9. The van der Waals surface area contributed by atoms with Crippen molar-refractivity contribution in [1.29, 1.82) is 0 Å². The van der Waals surface area contributed by atoms with Crippen molar-refractivity contribution in [3.05, 3.63) is 71.8 Å². The van der Waals surface area contributed by atoms with Gasteiger partial charge in [-0.05, 0) is 67.8 Å². The number of nitrogens with two attached hydrogens (primary N) is 1. The molecule has 0 radical (unpaired) electrons. The molecule has 0 amide bonds. The molecule has 3 N–H and O–H groups in total. The van der Waals surface area contributed by atoms with Crippen LogP contribution in [0.2, 0.25) is 0 Å². The third-order valence-electron chi connectivity index (χ3n) is 7.41. The molecule has 0 aliphatic heterocycles. The van der Waals surface area contributed by atoms with E-state index in [4.69, 9.17) is 10.5 Å². The molecule has 1 unspecified atom stereocenters. The molecular weight excluding hydrogens is 482 g/mol. The van der Waals surface area contributed by atoms with Gasteiger partial charge in [0.1, 0.15) is 5.75 Å². The summed E-state index contributed by atoms with van der Waals surface area (Å²) in [4.78, 5) is 12.9. The average molecular weight is 536 g/mol. The number of aryl methyl sites for hydroxylation is 1. The highest BCUT2D eigenvalue weighted by atomic mass is 16.6. The van der Waals surface area contributed by atoms with Gasteiger partial charge >= 0.3 is 0 Å². The SMILES string of the molecule is CC=CC(O)(Oc1ccc(CCCCCCCCCCCCCCCCCC)cc1)C(=O)c1ccc(N)cc1. The van der Waals surface area contributed by atoms with E-state index >= 15 is 0 Å². The standard InChI is InChI=1S/C35H53NO3/c1-3-5-6-7-8-9-10-11-12-13-14-15-16-17-18-19-20-30-21-27-33(28-22-30)39-35(38,29-4-2)34(37)31-23-25-32(36)26-24-31/h4,21-29,38H,3,5-20,36H2,1-2H3. The van der Waals surface area contributed by atoms with Gasteiger partial charge in [-0.1, -0.05) is 121 Å². The van der Waals surface area contributed by atoms with Crippen LogP contribution in [0.1, 0.15) is 133 Å². The van der Waals surface area contributed by atoms with Crippen LogP contribution in [-0.4, -0.2) is 16.7 Å². The lowest BCUT2D eigenvalue weighted by Gasteiger charge is -2.24. The summed E-state index contributed by atoms with van der Waals surface area (Å²) in [5.41, 5.74) is 7.86. The van der Waals surface area contributed by atoms with Crippen LogP contribution in [0.25, 0.3) is 0 Å². The van der Waals surface area contributed by atoms with Crippen molar-refractivity contribution in [2.24, 2.45) is 0 Å². The number of ether oxygens (including phenoxy) is 1. The molecule has 4 heteroatoms. The number of aliphatic hydroxyl groups is 1. The van der Waals surface area contributed by atoms with Crippen molar-refractivity contribution >= 4 is 11.5 Å². The Balaban J connectivity index is 1.58. The van der Waals surface area contributed by atoms with Crippen molar-refractivity contribution in [2.75, 3.05) is 5.73 Å². The molecule has 2 rings (SSSR count). The summed E-state index contributed by atoms with van der Waals surface area (Å²) in [5, 5.41) is 11.0. The number of carbonyl (C=O) groups excluding carboxylic acids is 1. The Bertz CT molecular complexity index is 935. The van der Waals surface area contributed by atoms with E-state index < -0.39 is 11.6 Å². The predicted octanol–water partition coefficient (Wildman–Crippen LogP) is 9.60. The van der Waals surface area contributed by atoms with Crippen LogP contribution in [0.3, 0.4) is 0 Å². The van der Waals surface area contributed by atoms with Crippen LogP contribution in [0.15, 0.2) is 60.7 Å². The van der Waals surface area contributed by atoms with E-state index in [2.05, 4.69) is 6.92 Å². The fourth-order valence-corrected chi connectivity index (χ4v) is 5.00. The first-order valence-electron chi connectivity index (χ1n) is 15.5. The van der Waals surface area contributed by atoms with Gasteiger partial charge < -0.3 is 15.6 Å². The Morgan fingerprint density at radius 3 is 1.67 bits per heavy atom. The summed E-state index contributed by atoms with van der Waals surface area (Å²) >= 11 is 0. The smallest absolute Gasteiger partial charge is 0.292 e. The summed E-state index contributed by atoms with van der Waals surface area (Å²) in [7, 11) is 0. The van der Waals surface area contributed by atoms with Crippen LogP contribution < -0.4 is 10.5 Å². The number of anilines is 1. The molecule has 0 bridgehead atoms. The summed E-state index contributed by atoms with van der Waals surface area (Å²) in [6, 6.07) is 14.1. The molecule has 0 heterocycles. The zero-order valence-electron chi connectivity index (χ0n) is 24.6. The monoisotopic (exact) mass is 535 g/mol. The molecule has 0 aliphatic rings. The van der Waals surface area contributed by atoms with Crippen molar-refractivity contribution in [1.82, 2.24) is 0 Å². The Kier molecular flexibility index (Phi) is 16.3. The van der Waals surface area contributed by atoms with E-state index in [1.54, 1.807) is 37.3 Å². The maximum Gasteiger partial charge on any atom is 0.292 e. The number of unbranched alkanes of at least 4 members (excludes halogenated alkanes) is 15. The van der Waals surface area contributed by atoms with Crippen molar-refractivity contribution in [3.8, 4) is 5.75 Å². The van der Waals surface area contributed by atoms with Gasteiger partial charge in [0, 0.05) is 11.3 Å². The lowest BCUT2D eigenvalue weighted by molar-refractivity contribution is -0.0629. The van der Waals surface area contributed by atoms with Crippen LogP contribution >= 0.6 is 0 Å². The van der Waals surface area contributed by atoms with Gasteiger partial charge in [-0.25, -0.2) is 0 Å². The largest absolute Gasteiger partial charge is 0.451 e. The molecule has 0 saturated carbocycles. The molecular formula is C35H53NO3. The number of Topliss-reactive ketones (excluding diaryl/α,β-unsaturated/α-hetero) is 1. The minimum absolute atomic E-state index is 0.338. The topological polar surface area (TPSA) is 72.5 Å². The second-order valence-corrected chi connectivity index (χ2v) is 10.9. The van der Waals surface area contributed by atoms with Gasteiger partial charge in [0.2, 0.25) is 5.78 Å². The van der Waals surface area contributed by atoms with E-state index in [0.717, 1.165) is 6.42 Å². The molecule has 0 saturated heterocycles. The van der Waals surface area contributed by atoms with Gasteiger partial charge in [0.15, 0.2) is 0 Å². The maximum atomic E-state index is 12.9. The zero-order valence-corrected chi connectivity index (χ0v) is 24.6. The van der Waals surface area contributed by atoms with Crippen LogP contribution in [-0.2, 0) is 6.42 Å². The molecule has 0 fully saturated rings.